The predicted molar refractivity (Wildman–Crippen MR) is 68.1 cm³/mol. The van der Waals surface area contributed by atoms with Crippen molar-refractivity contribution in [3.63, 3.8) is 0 Å². The van der Waals surface area contributed by atoms with Crippen LogP contribution >= 0.6 is 0 Å². The third kappa shape index (κ3) is 1.87. The van der Waals surface area contributed by atoms with Gasteiger partial charge in [0.05, 0.1) is 11.9 Å². The molecule has 0 saturated heterocycles. The minimum Gasteiger partial charge on any atom is -0.366 e. The summed E-state index contributed by atoms with van der Waals surface area (Å²) in [5, 5.41) is 7.02. The molecule has 0 spiro atoms. The number of benzene rings is 1. The van der Waals surface area contributed by atoms with Crippen LogP contribution < -0.4 is 11.1 Å². The van der Waals surface area contributed by atoms with Gasteiger partial charge in [-0.1, -0.05) is 0 Å². The van der Waals surface area contributed by atoms with Crippen LogP contribution in [0.15, 0.2) is 30.5 Å². The van der Waals surface area contributed by atoms with Gasteiger partial charge >= 0.3 is 0 Å². The Labute approximate surface area is 109 Å². The number of rotatable bonds is 2. The van der Waals surface area contributed by atoms with E-state index in [2.05, 4.69) is 10.4 Å². The number of nitrogens with zero attached hydrogens (tertiary/aromatic N) is 2. The van der Waals surface area contributed by atoms with E-state index in [9.17, 15) is 9.59 Å². The first-order valence-electron chi connectivity index (χ1n) is 5.92. The molecule has 96 valence electrons. The van der Waals surface area contributed by atoms with Crippen molar-refractivity contribution in [2.24, 2.45) is 5.73 Å². The first-order valence-corrected chi connectivity index (χ1v) is 5.92. The lowest BCUT2D eigenvalue weighted by atomic mass is 10.1. The van der Waals surface area contributed by atoms with Crippen molar-refractivity contribution < 1.29 is 9.59 Å². The van der Waals surface area contributed by atoms with Crippen molar-refractivity contribution in [3.8, 4) is 5.69 Å². The number of primary amides is 1. The van der Waals surface area contributed by atoms with Gasteiger partial charge in [0.1, 0.15) is 5.69 Å². The van der Waals surface area contributed by atoms with Crippen molar-refractivity contribution >= 4 is 11.8 Å². The number of nitrogens with two attached hydrogens (primary N) is 1. The minimum absolute atomic E-state index is 0.127. The molecule has 2 aromatic rings. The summed E-state index contributed by atoms with van der Waals surface area (Å²) in [5.74, 6) is -0.607. The number of amides is 2. The number of carbonyl (C=O) groups excluding carboxylic acids is 2. The monoisotopic (exact) mass is 256 g/mol. The van der Waals surface area contributed by atoms with Crippen molar-refractivity contribution in [2.45, 2.75) is 6.42 Å². The van der Waals surface area contributed by atoms with Gasteiger partial charge in [-0.15, -0.1) is 0 Å². The molecule has 1 aliphatic rings. The van der Waals surface area contributed by atoms with E-state index < -0.39 is 5.91 Å². The van der Waals surface area contributed by atoms with Gasteiger partial charge in [0.25, 0.3) is 5.91 Å². The SMILES string of the molecule is NC(=O)c1ccc(-n2ncc3c2C(=O)NCC3)cc1. The molecule has 0 radical (unpaired) electrons. The molecule has 1 aromatic carbocycles. The van der Waals surface area contributed by atoms with E-state index in [1.807, 2.05) is 0 Å². The van der Waals surface area contributed by atoms with Crippen LogP contribution in [0.5, 0.6) is 0 Å². The molecular weight excluding hydrogens is 244 g/mol. The standard InChI is InChI=1S/C13H12N4O2/c14-12(18)8-1-3-10(4-2-8)17-11-9(7-16-17)5-6-15-13(11)19/h1-4,7H,5-6H2,(H2,14,18)(H,15,19). The van der Waals surface area contributed by atoms with Gasteiger partial charge in [0.15, 0.2) is 0 Å². The van der Waals surface area contributed by atoms with Crippen LogP contribution in [-0.2, 0) is 6.42 Å². The fraction of sp³-hybridized carbons (Fsp3) is 0.154. The molecule has 0 atom stereocenters. The number of hydrogen-bond acceptors (Lipinski definition) is 3. The van der Waals surface area contributed by atoms with Crippen LogP contribution in [0, 0.1) is 0 Å². The van der Waals surface area contributed by atoms with Crippen LogP contribution in [0.1, 0.15) is 26.4 Å². The zero-order valence-corrected chi connectivity index (χ0v) is 10.1. The summed E-state index contributed by atoms with van der Waals surface area (Å²) in [5.41, 5.74) is 7.83. The van der Waals surface area contributed by atoms with Crippen LogP contribution in [0.4, 0.5) is 0 Å². The molecule has 6 nitrogen and oxygen atoms in total. The maximum absolute atomic E-state index is 11.9. The van der Waals surface area contributed by atoms with Gasteiger partial charge in [-0.05, 0) is 30.7 Å². The van der Waals surface area contributed by atoms with Gasteiger partial charge in [0, 0.05) is 17.7 Å². The van der Waals surface area contributed by atoms with Crippen LogP contribution in [0.2, 0.25) is 0 Å². The Bertz CT molecular complexity index is 658. The largest absolute Gasteiger partial charge is 0.366 e. The summed E-state index contributed by atoms with van der Waals surface area (Å²) in [4.78, 5) is 22.9. The highest BCUT2D eigenvalue weighted by molar-refractivity contribution is 5.96. The summed E-state index contributed by atoms with van der Waals surface area (Å²) in [6.07, 6.45) is 2.48. The molecule has 1 aliphatic heterocycles. The fourth-order valence-corrected chi connectivity index (χ4v) is 2.16. The third-order valence-corrected chi connectivity index (χ3v) is 3.14. The Kier molecular flexibility index (Phi) is 2.56. The Morgan fingerprint density at radius 3 is 2.74 bits per heavy atom. The highest BCUT2D eigenvalue weighted by Gasteiger charge is 2.22. The predicted octanol–water partition coefficient (Wildman–Crippen LogP) is 0.257. The van der Waals surface area contributed by atoms with Crippen LogP contribution in [0.25, 0.3) is 5.69 Å². The van der Waals surface area contributed by atoms with Crippen LogP contribution in [0.3, 0.4) is 0 Å². The molecule has 0 saturated carbocycles. The second-order valence-corrected chi connectivity index (χ2v) is 4.35. The Morgan fingerprint density at radius 2 is 2.05 bits per heavy atom. The second-order valence-electron chi connectivity index (χ2n) is 4.35. The number of aromatic nitrogens is 2. The van der Waals surface area contributed by atoms with Gasteiger partial charge in [-0.2, -0.15) is 5.10 Å². The van der Waals surface area contributed by atoms with Crippen molar-refractivity contribution in [1.82, 2.24) is 15.1 Å². The molecule has 3 N–H and O–H groups in total. The van der Waals surface area contributed by atoms with E-state index in [0.717, 1.165) is 17.7 Å². The van der Waals surface area contributed by atoms with Gasteiger partial charge < -0.3 is 11.1 Å². The average molecular weight is 256 g/mol. The number of nitrogens with one attached hydrogen (secondary N) is 1. The Hall–Kier alpha value is -2.63. The Morgan fingerprint density at radius 1 is 1.32 bits per heavy atom. The van der Waals surface area contributed by atoms with Gasteiger partial charge in [0.2, 0.25) is 5.91 Å². The van der Waals surface area contributed by atoms with Gasteiger partial charge in [-0.25, -0.2) is 4.68 Å². The highest BCUT2D eigenvalue weighted by Crippen LogP contribution is 2.18. The van der Waals surface area contributed by atoms with Crippen molar-refractivity contribution in [3.05, 3.63) is 47.3 Å². The number of carbonyl (C=O) groups is 2. The van der Waals surface area contributed by atoms with E-state index in [1.54, 1.807) is 35.1 Å². The topological polar surface area (TPSA) is 90.0 Å². The molecule has 0 unspecified atom stereocenters. The van der Waals surface area contributed by atoms with Gasteiger partial charge in [-0.3, -0.25) is 9.59 Å². The quantitative estimate of drug-likeness (QED) is 0.807. The summed E-state index contributed by atoms with van der Waals surface area (Å²) in [7, 11) is 0. The van der Waals surface area contributed by atoms with Crippen molar-refractivity contribution in [2.75, 3.05) is 6.54 Å². The Balaban J connectivity index is 2.05. The first kappa shape index (κ1) is 11.5. The zero-order chi connectivity index (χ0) is 13.4. The molecule has 2 amide bonds. The molecule has 19 heavy (non-hydrogen) atoms. The molecule has 3 rings (SSSR count). The molecule has 0 aliphatic carbocycles. The lowest BCUT2D eigenvalue weighted by Gasteiger charge is -2.14. The molecule has 0 fully saturated rings. The second kappa shape index (κ2) is 4.24. The van der Waals surface area contributed by atoms with E-state index in [1.165, 1.54) is 0 Å². The average Bonchev–Trinajstić information content (AvgIpc) is 2.84. The maximum Gasteiger partial charge on any atom is 0.270 e. The molecule has 6 heteroatoms. The van der Waals surface area contributed by atoms with E-state index >= 15 is 0 Å². The molecular formula is C13H12N4O2. The number of hydrogen-bond donors (Lipinski definition) is 2. The van der Waals surface area contributed by atoms with E-state index in [-0.39, 0.29) is 5.91 Å². The fourth-order valence-electron chi connectivity index (χ4n) is 2.16. The maximum atomic E-state index is 11.9. The summed E-state index contributed by atoms with van der Waals surface area (Å²) in [6, 6.07) is 6.67. The third-order valence-electron chi connectivity index (χ3n) is 3.14. The molecule has 2 heterocycles. The minimum atomic E-state index is -0.480. The smallest absolute Gasteiger partial charge is 0.270 e. The molecule has 0 bridgehead atoms. The van der Waals surface area contributed by atoms with E-state index in [4.69, 9.17) is 5.73 Å². The van der Waals surface area contributed by atoms with E-state index in [0.29, 0.717) is 17.8 Å². The summed E-state index contributed by atoms with van der Waals surface area (Å²) < 4.78 is 1.58. The lowest BCUT2D eigenvalue weighted by molar-refractivity contribution is 0.0937. The molecule has 1 aromatic heterocycles. The summed E-state index contributed by atoms with van der Waals surface area (Å²) in [6.45, 7) is 0.637. The highest BCUT2D eigenvalue weighted by atomic mass is 16.2. The lowest BCUT2D eigenvalue weighted by Crippen LogP contribution is -2.33. The zero-order valence-electron chi connectivity index (χ0n) is 10.1. The van der Waals surface area contributed by atoms with Crippen molar-refractivity contribution in [1.29, 1.82) is 0 Å². The number of fused-ring (bicyclic) bond motifs is 1. The van der Waals surface area contributed by atoms with Crippen LogP contribution in [-0.4, -0.2) is 28.1 Å². The first-order chi connectivity index (χ1) is 9.16. The summed E-state index contributed by atoms with van der Waals surface area (Å²) >= 11 is 0. The normalized spacial score (nSPS) is 13.8.